The Labute approximate surface area is 659 Å². The van der Waals surface area contributed by atoms with Crippen molar-refractivity contribution in [3.05, 3.63) is 409 Å². The quantitative estimate of drug-likeness (QED) is 0.136. The van der Waals surface area contributed by atoms with Crippen molar-refractivity contribution in [2.45, 2.75) is 67.6 Å². The first-order valence-corrected chi connectivity index (χ1v) is 39.9. The molecule has 22 rings (SSSR count). The summed E-state index contributed by atoms with van der Waals surface area (Å²) < 4.78 is 4.98. The molecule has 3 heterocycles. The van der Waals surface area contributed by atoms with Gasteiger partial charge in [-0.05, 0) is 221 Å². The molecule has 534 valence electrons. The molecule has 0 bridgehead atoms. The van der Waals surface area contributed by atoms with Crippen molar-refractivity contribution in [3.63, 3.8) is 0 Å². The van der Waals surface area contributed by atoms with Crippen molar-refractivity contribution >= 4 is 78.5 Å². The van der Waals surface area contributed by atoms with E-state index in [1.54, 1.807) is 0 Å². The second-order valence-corrected chi connectivity index (χ2v) is 33.0. The van der Waals surface area contributed by atoms with Crippen molar-refractivity contribution in [2.24, 2.45) is 0 Å². The van der Waals surface area contributed by atoms with Gasteiger partial charge in [-0.3, -0.25) is 0 Å². The SMILES string of the molecule is CC1(C)c2ccccc2-c2c1c1cc(-c3ccc(N(c4ccccc4)c4ccc(-c5ccccc5)cc4)cc3)ccc1n2-c1ccc(-c2cccc3ccccc23)cc1.CC1(C)c2ccccc2-c2ccc(N3c4ccccc4Sc4cc(-c5ccc6c(c5)c5c(n6-c6ccccc6)-c6ccccc6C5(C)C)ccc43)cc21. The number of aromatic nitrogens is 2. The molecular weight excluding hydrogens is 1370 g/mol. The summed E-state index contributed by atoms with van der Waals surface area (Å²) in [6.45, 7) is 14.3. The number of nitrogens with zero attached hydrogens (tertiary/aromatic N) is 4. The van der Waals surface area contributed by atoms with Gasteiger partial charge < -0.3 is 18.9 Å². The van der Waals surface area contributed by atoms with Gasteiger partial charge in [0.05, 0.1) is 33.8 Å². The van der Waals surface area contributed by atoms with Gasteiger partial charge in [0.1, 0.15) is 0 Å². The fourth-order valence-electron chi connectivity index (χ4n) is 19.1. The molecule has 5 heteroatoms. The van der Waals surface area contributed by atoms with Crippen LogP contribution in [0, 0.1) is 0 Å². The van der Waals surface area contributed by atoms with E-state index < -0.39 is 0 Å². The number of hydrogen-bond donors (Lipinski definition) is 0. The van der Waals surface area contributed by atoms with Gasteiger partial charge in [0.15, 0.2) is 0 Å². The van der Waals surface area contributed by atoms with Crippen LogP contribution in [0.2, 0.25) is 0 Å². The van der Waals surface area contributed by atoms with Crippen molar-refractivity contribution < 1.29 is 0 Å². The molecule has 4 aliphatic rings. The average Bonchev–Trinajstić information content (AvgIpc) is 1.53. The molecule has 0 atom stereocenters. The Balaban J connectivity index is 0.000000142. The summed E-state index contributed by atoms with van der Waals surface area (Å²) in [7, 11) is 0. The predicted molar refractivity (Wildman–Crippen MR) is 472 cm³/mol. The van der Waals surface area contributed by atoms with Crippen LogP contribution in [0.4, 0.5) is 34.1 Å². The number of rotatable bonds is 10. The lowest BCUT2D eigenvalue weighted by Gasteiger charge is -2.34. The molecule has 18 aromatic rings. The van der Waals surface area contributed by atoms with E-state index in [4.69, 9.17) is 0 Å². The summed E-state index contributed by atoms with van der Waals surface area (Å²) in [5.41, 5.74) is 37.6. The van der Waals surface area contributed by atoms with E-state index in [0.717, 1.165) is 17.1 Å². The Morgan fingerprint density at radius 3 is 1.30 bits per heavy atom. The first-order chi connectivity index (χ1) is 54.8. The van der Waals surface area contributed by atoms with E-state index in [0.29, 0.717) is 0 Å². The minimum absolute atomic E-state index is 0.0626. The lowest BCUT2D eigenvalue weighted by atomic mass is 9.81. The molecule has 0 N–H and O–H groups in total. The normalized spacial score (nSPS) is 14.0. The number of anilines is 6. The first kappa shape index (κ1) is 67.0. The largest absolute Gasteiger partial charge is 0.311 e. The van der Waals surface area contributed by atoms with Crippen molar-refractivity contribution in [1.82, 2.24) is 9.13 Å². The lowest BCUT2D eigenvalue weighted by Crippen LogP contribution is -2.18. The fraction of sp³-hybridized carbons (Fsp3) is 0.0841. The molecule has 112 heavy (non-hydrogen) atoms. The zero-order valence-electron chi connectivity index (χ0n) is 63.5. The highest BCUT2D eigenvalue weighted by atomic mass is 32.2. The molecule has 0 radical (unpaired) electrons. The molecule has 3 aliphatic carbocycles. The number of hydrogen-bond acceptors (Lipinski definition) is 3. The van der Waals surface area contributed by atoms with Gasteiger partial charge in [0.25, 0.3) is 0 Å². The Kier molecular flexibility index (Phi) is 15.5. The summed E-state index contributed by atoms with van der Waals surface area (Å²) in [5, 5.41) is 5.15. The molecule has 0 saturated carbocycles. The van der Waals surface area contributed by atoms with E-state index in [9.17, 15) is 0 Å². The number of para-hydroxylation sites is 3. The molecule has 0 spiro atoms. The molecule has 16 aromatic carbocycles. The fourth-order valence-corrected chi connectivity index (χ4v) is 20.2. The zero-order valence-corrected chi connectivity index (χ0v) is 64.3. The third-order valence-electron chi connectivity index (χ3n) is 24.5. The third-order valence-corrected chi connectivity index (χ3v) is 25.6. The highest BCUT2D eigenvalue weighted by Crippen LogP contribution is 2.59. The summed E-state index contributed by atoms with van der Waals surface area (Å²) in [4.78, 5) is 7.34. The average molecular weight is 1450 g/mol. The van der Waals surface area contributed by atoms with Gasteiger partial charge in [0, 0.05) is 82.1 Å². The van der Waals surface area contributed by atoms with Gasteiger partial charge in [0.2, 0.25) is 0 Å². The third kappa shape index (κ3) is 10.6. The van der Waals surface area contributed by atoms with Crippen LogP contribution in [0.5, 0.6) is 0 Å². The van der Waals surface area contributed by atoms with Crippen LogP contribution >= 0.6 is 11.8 Å². The van der Waals surface area contributed by atoms with Crippen LogP contribution in [0.1, 0.15) is 74.9 Å². The summed E-state index contributed by atoms with van der Waals surface area (Å²) in [6.07, 6.45) is 0. The van der Waals surface area contributed by atoms with Crippen LogP contribution in [-0.2, 0) is 16.2 Å². The molecule has 2 aromatic heterocycles. The number of fused-ring (bicyclic) bond motifs is 16. The van der Waals surface area contributed by atoms with Gasteiger partial charge in [-0.2, -0.15) is 0 Å². The second-order valence-electron chi connectivity index (χ2n) is 32.0. The topological polar surface area (TPSA) is 16.3 Å². The molecule has 4 nitrogen and oxygen atoms in total. The zero-order chi connectivity index (χ0) is 75.1. The standard InChI is InChI=1S/C57H42N2.C50H38N2S/c1-57(2)53-23-12-11-21-51(53)56-55(57)52-38-44(30-37-54(52)59(56)48-35-28-43(29-36-48)50-22-13-17-42-16-9-10-20-49(42)50)41-26-33-47(34-27-41)58(45-18-7-4-8-19-45)46-31-24-40(25-32-46)39-14-5-3-6-15-39;1-49(2)39-18-10-8-16-35(39)36-25-24-34(30-41(36)49)51-43-20-12-13-21-45(43)53-46-29-32(23-27-44(46)51)31-22-26-42-38(28-31)47-48(52(42)33-14-6-5-7-15-33)37-17-9-11-19-40(37)50(47,3)4/h3-38H,1-2H3;5-30H,1-4H3. The molecule has 0 fully saturated rings. The molecule has 0 saturated heterocycles. The highest BCUT2D eigenvalue weighted by Gasteiger charge is 2.43. The summed E-state index contributed by atoms with van der Waals surface area (Å²) in [6, 6.07) is 138. The van der Waals surface area contributed by atoms with Crippen LogP contribution in [-0.4, -0.2) is 9.13 Å². The van der Waals surface area contributed by atoms with Crippen molar-refractivity contribution in [1.29, 1.82) is 0 Å². The minimum atomic E-state index is -0.160. The second kappa shape index (κ2) is 26.0. The van der Waals surface area contributed by atoms with Crippen LogP contribution in [0.25, 0.3) is 122 Å². The van der Waals surface area contributed by atoms with Gasteiger partial charge in [-0.1, -0.05) is 308 Å². The van der Waals surface area contributed by atoms with Crippen molar-refractivity contribution in [3.8, 4) is 89.5 Å². The molecule has 0 amide bonds. The Hall–Kier alpha value is -13.2. The molecular formula is C107H80N4S. The predicted octanol–water partition coefficient (Wildman–Crippen LogP) is 29.4. The van der Waals surface area contributed by atoms with Gasteiger partial charge in [-0.25, -0.2) is 0 Å². The van der Waals surface area contributed by atoms with Crippen LogP contribution in [0.3, 0.4) is 0 Å². The monoisotopic (exact) mass is 1450 g/mol. The smallest absolute Gasteiger partial charge is 0.0602 e. The van der Waals surface area contributed by atoms with E-state index in [1.165, 1.54) is 182 Å². The van der Waals surface area contributed by atoms with Crippen LogP contribution < -0.4 is 9.80 Å². The van der Waals surface area contributed by atoms with Crippen LogP contribution in [0.15, 0.2) is 386 Å². The summed E-state index contributed by atoms with van der Waals surface area (Å²) >= 11 is 1.88. The first-order valence-electron chi connectivity index (χ1n) is 39.1. The minimum Gasteiger partial charge on any atom is -0.311 e. The highest BCUT2D eigenvalue weighted by molar-refractivity contribution is 7.99. The maximum atomic E-state index is 2.50. The van der Waals surface area contributed by atoms with E-state index >= 15 is 0 Å². The Morgan fingerprint density at radius 1 is 0.250 bits per heavy atom. The lowest BCUT2D eigenvalue weighted by molar-refractivity contribution is 0.660. The summed E-state index contributed by atoms with van der Waals surface area (Å²) in [5.74, 6) is 0. The molecule has 1 aliphatic heterocycles. The molecule has 0 unspecified atom stereocenters. The maximum absolute atomic E-state index is 2.50. The maximum Gasteiger partial charge on any atom is 0.0602 e. The van der Waals surface area contributed by atoms with E-state index in [-0.39, 0.29) is 16.2 Å². The number of benzene rings is 16. The van der Waals surface area contributed by atoms with E-state index in [1.807, 2.05) is 11.8 Å². The Bertz CT molecular complexity index is 6780. The van der Waals surface area contributed by atoms with Gasteiger partial charge in [-0.15, -0.1) is 0 Å². The Morgan fingerprint density at radius 2 is 0.670 bits per heavy atom. The van der Waals surface area contributed by atoms with Crippen molar-refractivity contribution in [2.75, 3.05) is 9.80 Å². The van der Waals surface area contributed by atoms with Gasteiger partial charge >= 0.3 is 0 Å². The van der Waals surface area contributed by atoms with E-state index in [2.05, 4.69) is 437 Å².